The van der Waals surface area contributed by atoms with Crippen LogP contribution in [0.3, 0.4) is 0 Å². The van der Waals surface area contributed by atoms with Crippen LogP contribution in [0, 0.1) is 28.6 Å². The Hall–Kier alpha value is -2.33. The Bertz CT molecular complexity index is 1160. The number of rotatable bonds is 7. The van der Waals surface area contributed by atoms with Gasteiger partial charge in [-0.3, -0.25) is 9.59 Å². The predicted molar refractivity (Wildman–Crippen MR) is 139 cm³/mol. The van der Waals surface area contributed by atoms with Crippen LogP contribution in [0.15, 0.2) is 35.5 Å². The van der Waals surface area contributed by atoms with Crippen LogP contribution in [0.25, 0.3) is 0 Å². The largest absolute Gasteiger partial charge is 0.459 e. The maximum atomic E-state index is 13.4. The maximum Gasteiger partial charge on any atom is 0.348 e. The lowest BCUT2D eigenvalue weighted by Gasteiger charge is -2.67. The Kier molecular flexibility index (Phi) is 6.98. The fourth-order valence-electron chi connectivity index (χ4n) is 8.50. The number of aliphatic hydroxyl groups is 3. The lowest BCUT2D eigenvalue weighted by atomic mass is 9.38. The zero-order chi connectivity index (χ0) is 28.5. The Morgan fingerprint density at radius 2 is 1.97 bits per heavy atom. The molecule has 0 unspecified atom stereocenters. The predicted octanol–water partition coefficient (Wildman–Crippen LogP) is 2.52. The lowest BCUT2D eigenvalue weighted by Crippen LogP contribution is -2.76. The Labute approximate surface area is 228 Å². The van der Waals surface area contributed by atoms with E-state index in [2.05, 4.69) is 13.5 Å². The minimum Gasteiger partial charge on any atom is -0.459 e. The second-order valence-electron chi connectivity index (χ2n) is 12.4. The molecule has 3 N–H and O–H groups in total. The van der Waals surface area contributed by atoms with E-state index in [1.807, 2.05) is 6.92 Å². The molecule has 2 heterocycles. The number of carbonyl (C=O) groups excluding carboxylic acids is 3. The summed E-state index contributed by atoms with van der Waals surface area (Å²) in [6, 6.07) is 0. The monoisotopic (exact) mass is 544 g/mol. The number of carbonyl (C=O) groups is 3. The van der Waals surface area contributed by atoms with E-state index in [1.54, 1.807) is 19.9 Å². The first kappa shape index (κ1) is 28.2. The average molecular weight is 545 g/mol. The molecule has 0 aromatic carbocycles. The second-order valence-corrected chi connectivity index (χ2v) is 12.4. The van der Waals surface area contributed by atoms with Crippen LogP contribution in [-0.4, -0.2) is 69.9 Å². The van der Waals surface area contributed by atoms with Crippen LogP contribution < -0.4 is 0 Å². The Morgan fingerprint density at radius 1 is 1.26 bits per heavy atom. The van der Waals surface area contributed by atoms with Gasteiger partial charge in [-0.05, 0) is 50.7 Å². The van der Waals surface area contributed by atoms with E-state index in [0.29, 0.717) is 5.57 Å². The van der Waals surface area contributed by atoms with Crippen molar-refractivity contribution < 1.29 is 43.9 Å². The van der Waals surface area contributed by atoms with E-state index in [0.717, 1.165) is 31.3 Å². The van der Waals surface area contributed by atoms with Crippen LogP contribution in [0.2, 0.25) is 0 Å². The molecular weight excluding hydrogens is 504 g/mol. The number of aliphatic hydroxyl groups excluding tert-OH is 2. The molecule has 0 radical (unpaired) electrons. The Balaban J connectivity index is 1.52. The molecule has 2 saturated heterocycles. The van der Waals surface area contributed by atoms with Crippen molar-refractivity contribution in [1.82, 2.24) is 0 Å². The quantitative estimate of drug-likeness (QED) is 0.251. The highest BCUT2D eigenvalue weighted by Crippen LogP contribution is 2.73. The van der Waals surface area contributed by atoms with E-state index in [4.69, 9.17) is 14.2 Å². The highest BCUT2D eigenvalue weighted by atomic mass is 16.7. The molecule has 214 valence electrons. The number of allylic oxidation sites excluding steroid dienone is 2. The second kappa shape index (κ2) is 9.65. The van der Waals surface area contributed by atoms with Gasteiger partial charge in [0.25, 0.3) is 0 Å². The summed E-state index contributed by atoms with van der Waals surface area (Å²) < 4.78 is 17.6. The summed E-state index contributed by atoms with van der Waals surface area (Å²) in [4.78, 5) is 39.2. The molecule has 2 bridgehead atoms. The third-order valence-electron chi connectivity index (χ3n) is 10.3. The zero-order valence-corrected chi connectivity index (χ0v) is 23.1. The third-order valence-corrected chi connectivity index (χ3v) is 10.3. The number of fused-ring (bicyclic) bond motifs is 1. The van der Waals surface area contributed by atoms with Gasteiger partial charge in [0.05, 0.1) is 18.4 Å². The van der Waals surface area contributed by atoms with Crippen LogP contribution in [0.5, 0.6) is 0 Å². The van der Waals surface area contributed by atoms with Gasteiger partial charge in [0.1, 0.15) is 18.3 Å². The molecule has 2 aliphatic heterocycles. The Morgan fingerprint density at radius 3 is 2.67 bits per heavy atom. The molecule has 5 aliphatic rings. The van der Waals surface area contributed by atoms with Gasteiger partial charge in [0, 0.05) is 17.3 Å². The van der Waals surface area contributed by atoms with Crippen molar-refractivity contribution in [1.29, 1.82) is 0 Å². The first-order valence-electron chi connectivity index (χ1n) is 14.0. The first-order valence-corrected chi connectivity index (χ1v) is 14.0. The van der Waals surface area contributed by atoms with Crippen LogP contribution in [-0.2, 0) is 28.6 Å². The number of esters is 2. The van der Waals surface area contributed by atoms with Crippen molar-refractivity contribution in [2.75, 3.05) is 6.61 Å². The molecular formula is C30H40O9. The van der Waals surface area contributed by atoms with Crippen molar-refractivity contribution in [2.24, 2.45) is 28.6 Å². The normalized spacial score (nSPS) is 44.8. The van der Waals surface area contributed by atoms with E-state index in [9.17, 15) is 29.7 Å². The van der Waals surface area contributed by atoms with Crippen molar-refractivity contribution in [3.8, 4) is 0 Å². The van der Waals surface area contributed by atoms with Gasteiger partial charge in [-0.15, -0.1) is 0 Å². The van der Waals surface area contributed by atoms with Gasteiger partial charge in [-0.2, -0.15) is 0 Å². The molecule has 3 aliphatic carbocycles. The molecule has 0 aromatic heterocycles. The maximum absolute atomic E-state index is 13.4. The van der Waals surface area contributed by atoms with Gasteiger partial charge in [0.2, 0.25) is 6.10 Å². The van der Waals surface area contributed by atoms with Crippen molar-refractivity contribution in [2.45, 2.75) is 96.4 Å². The van der Waals surface area contributed by atoms with E-state index < -0.39 is 76.5 Å². The smallest absolute Gasteiger partial charge is 0.348 e. The van der Waals surface area contributed by atoms with Gasteiger partial charge >= 0.3 is 11.9 Å². The summed E-state index contributed by atoms with van der Waals surface area (Å²) in [6.07, 6.45) is 2.25. The van der Waals surface area contributed by atoms with Gasteiger partial charge < -0.3 is 29.5 Å². The first-order chi connectivity index (χ1) is 18.3. The molecule has 0 amide bonds. The van der Waals surface area contributed by atoms with E-state index >= 15 is 0 Å². The summed E-state index contributed by atoms with van der Waals surface area (Å²) in [5, 5.41) is 34.5. The van der Waals surface area contributed by atoms with Gasteiger partial charge in [-0.25, -0.2) is 4.79 Å². The van der Waals surface area contributed by atoms with Crippen molar-refractivity contribution in [3.63, 3.8) is 0 Å². The van der Waals surface area contributed by atoms with Gasteiger partial charge in [0.15, 0.2) is 11.6 Å². The van der Waals surface area contributed by atoms with Crippen LogP contribution in [0.4, 0.5) is 0 Å². The van der Waals surface area contributed by atoms with Gasteiger partial charge in [-0.1, -0.05) is 50.5 Å². The number of unbranched alkanes of at least 4 members (excludes halogenated alkanes) is 2. The van der Waals surface area contributed by atoms with E-state index in [-0.39, 0.29) is 25.0 Å². The molecule has 0 aromatic rings. The highest BCUT2D eigenvalue weighted by molar-refractivity contribution is 5.96. The molecule has 4 fully saturated rings. The highest BCUT2D eigenvalue weighted by Gasteiger charge is 2.83. The summed E-state index contributed by atoms with van der Waals surface area (Å²) in [6.45, 7) is 11.5. The number of ether oxygens (including phenoxy) is 3. The van der Waals surface area contributed by atoms with Crippen molar-refractivity contribution >= 4 is 17.7 Å². The fraction of sp³-hybridized carbons (Fsp3) is 0.700. The van der Waals surface area contributed by atoms with Crippen molar-refractivity contribution in [3.05, 3.63) is 35.5 Å². The van der Waals surface area contributed by atoms with E-state index in [1.165, 1.54) is 6.08 Å². The summed E-state index contributed by atoms with van der Waals surface area (Å²) in [5.74, 6) is -6.39. The standard InChI is InChI=1S/C30H40O9/c1-6-7-8-9-15(2)10-11-21(32)39-23-22-17(4)24(33)30(36)27-28(5)18(16(3)12-19(31)25(28)34)13-20(38-26(23)35)29(22,27)14-37-30/h10,12,18,20,22-25,27,33-34,36H,4,6-9,11,13-14H2,1-3,5H3/b15-10+/t18-,20+,22+,23+,24+,25+,27+,28+,29-,30-/m0/s1. The minimum atomic E-state index is -2.17. The SMILES string of the molecule is C=C1[C@@H](O)[C@]2(O)OC[C@@]34[C@H]1[C@@H](OC(=O)C/C=C(\C)CCCCC)C(=O)O[C@@H]3C[C@H]1C(C)=CC(=O)[C@@H](O)[C@]1(C)[C@@H]24. The third kappa shape index (κ3) is 3.84. The fourth-order valence-corrected chi connectivity index (χ4v) is 8.50. The summed E-state index contributed by atoms with van der Waals surface area (Å²) in [7, 11) is 0. The topological polar surface area (TPSA) is 140 Å². The number of hydrogen-bond donors (Lipinski definition) is 3. The molecule has 1 spiro atoms. The molecule has 10 atom stereocenters. The summed E-state index contributed by atoms with van der Waals surface area (Å²) in [5.41, 5.74) is -0.536. The molecule has 5 rings (SSSR count). The van der Waals surface area contributed by atoms with Crippen LogP contribution in [0.1, 0.15) is 66.2 Å². The minimum absolute atomic E-state index is 0.0270. The molecule has 9 heteroatoms. The number of ketones is 1. The lowest BCUT2D eigenvalue weighted by molar-refractivity contribution is -0.311. The zero-order valence-electron chi connectivity index (χ0n) is 23.1. The molecule has 39 heavy (non-hydrogen) atoms. The molecule has 2 saturated carbocycles. The molecule has 9 nitrogen and oxygen atoms in total. The number of hydrogen-bond acceptors (Lipinski definition) is 9. The average Bonchev–Trinajstić information content (AvgIpc) is 3.17. The summed E-state index contributed by atoms with van der Waals surface area (Å²) >= 11 is 0. The van der Waals surface area contributed by atoms with Crippen LogP contribution >= 0.6 is 0 Å².